The average Bonchev–Trinajstić information content (AvgIpc) is 3.20. The number of aryl methyl sites for hydroxylation is 1. The van der Waals surface area contributed by atoms with Crippen LogP contribution in [0, 0.1) is 12.8 Å². The minimum atomic E-state index is -0.426. The van der Waals surface area contributed by atoms with Gasteiger partial charge < -0.3 is 15.2 Å². The summed E-state index contributed by atoms with van der Waals surface area (Å²) in [6.07, 6.45) is 2.15. The summed E-state index contributed by atoms with van der Waals surface area (Å²) < 4.78 is 5.49. The van der Waals surface area contributed by atoms with Gasteiger partial charge >= 0.3 is 0 Å². The molecule has 1 aliphatic carbocycles. The van der Waals surface area contributed by atoms with Crippen LogP contribution in [-0.4, -0.2) is 31.0 Å². The van der Waals surface area contributed by atoms with Crippen LogP contribution in [0.25, 0.3) is 0 Å². The molecule has 2 N–H and O–H groups in total. The zero-order chi connectivity index (χ0) is 13.7. The van der Waals surface area contributed by atoms with Gasteiger partial charge in [0.2, 0.25) is 0 Å². The van der Waals surface area contributed by atoms with Gasteiger partial charge in [-0.1, -0.05) is 24.3 Å². The lowest BCUT2D eigenvalue weighted by Crippen LogP contribution is -2.32. The Morgan fingerprint density at radius 1 is 1.37 bits per heavy atom. The molecule has 2 rings (SSSR count). The van der Waals surface area contributed by atoms with Crippen LogP contribution in [0.1, 0.15) is 36.9 Å². The number of rotatable bonds is 8. The summed E-state index contributed by atoms with van der Waals surface area (Å²) in [7, 11) is 0. The fraction of sp³-hybridized carbons (Fsp3) is 0.625. The predicted molar refractivity (Wildman–Crippen MR) is 77.1 cm³/mol. The summed E-state index contributed by atoms with van der Waals surface area (Å²) in [5.74, 6) is 0.756. The molecule has 0 spiro atoms. The van der Waals surface area contributed by atoms with Crippen molar-refractivity contribution in [1.82, 2.24) is 5.32 Å². The Morgan fingerprint density at radius 2 is 2.11 bits per heavy atom. The zero-order valence-corrected chi connectivity index (χ0v) is 11.9. The molecule has 0 aromatic heterocycles. The molecule has 1 unspecified atom stereocenters. The van der Waals surface area contributed by atoms with Crippen molar-refractivity contribution in [2.75, 3.05) is 19.8 Å². The topological polar surface area (TPSA) is 41.5 Å². The second-order valence-electron chi connectivity index (χ2n) is 5.62. The molecule has 1 aromatic carbocycles. The number of nitrogens with one attached hydrogen (secondary N) is 1. The van der Waals surface area contributed by atoms with E-state index in [0.29, 0.717) is 13.2 Å². The van der Waals surface area contributed by atoms with Crippen molar-refractivity contribution in [3.63, 3.8) is 0 Å². The Balaban J connectivity index is 1.67. The zero-order valence-electron chi connectivity index (χ0n) is 11.9. The number of aliphatic hydroxyl groups excluding tert-OH is 1. The van der Waals surface area contributed by atoms with Crippen LogP contribution < -0.4 is 5.32 Å². The van der Waals surface area contributed by atoms with Crippen LogP contribution >= 0.6 is 0 Å². The Labute approximate surface area is 116 Å². The van der Waals surface area contributed by atoms with Gasteiger partial charge in [-0.15, -0.1) is 0 Å². The van der Waals surface area contributed by atoms with Gasteiger partial charge in [-0.2, -0.15) is 0 Å². The van der Waals surface area contributed by atoms with E-state index in [0.717, 1.165) is 12.5 Å². The normalized spacial score (nSPS) is 18.3. The highest BCUT2D eigenvalue weighted by Gasteiger charge is 2.21. The molecule has 0 bridgehead atoms. The maximum Gasteiger partial charge on any atom is 0.0897 e. The number of hydrogen-bond acceptors (Lipinski definition) is 3. The Hall–Kier alpha value is -0.900. The molecule has 0 amide bonds. The van der Waals surface area contributed by atoms with Crippen LogP contribution in [0.3, 0.4) is 0 Å². The van der Waals surface area contributed by atoms with Gasteiger partial charge in [-0.3, -0.25) is 0 Å². The summed E-state index contributed by atoms with van der Waals surface area (Å²) in [5, 5.41) is 13.2. The van der Waals surface area contributed by atoms with E-state index in [9.17, 15) is 5.11 Å². The van der Waals surface area contributed by atoms with Crippen LogP contribution in [0.15, 0.2) is 24.3 Å². The van der Waals surface area contributed by atoms with E-state index in [-0.39, 0.29) is 6.04 Å². The Morgan fingerprint density at radius 3 is 2.79 bits per heavy atom. The highest BCUT2D eigenvalue weighted by atomic mass is 16.5. The molecule has 2 atom stereocenters. The second kappa shape index (κ2) is 7.04. The lowest BCUT2D eigenvalue weighted by molar-refractivity contribution is 0.0315. The van der Waals surface area contributed by atoms with Crippen molar-refractivity contribution < 1.29 is 9.84 Å². The van der Waals surface area contributed by atoms with Gasteiger partial charge in [-0.25, -0.2) is 0 Å². The van der Waals surface area contributed by atoms with E-state index in [1.54, 1.807) is 0 Å². The molecule has 3 nitrogen and oxygen atoms in total. The van der Waals surface area contributed by atoms with Crippen molar-refractivity contribution in [3.8, 4) is 0 Å². The van der Waals surface area contributed by atoms with Gasteiger partial charge in [0.25, 0.3) is 0 Å². The van der Waals surface area contributed by atoms with E-state index in [1.165, 1.54) is 24.0 Å². The third kappa shape index (κ3) is 4.94. The maximum absolute atomic E-state index is 9.86. The summed E-state index contributed by atoms with van der Waals surface area (Å²) >= 11 is 0. The van der Waals surface area contributed by atoms with Crippen molar-refractivity contribution in [2.45, 2.75) is 38.8 Å². The SMILES string of the molecule is Cc1ccccc1[C@H](C)NCC(O)COCC1CC1. The molecular weight excluding hydrogens is 238 g/mol. The summed E-state index contributed by atoms with van der Waals surface area (Å²) in [6, 6.07) is 8.59. The van der Waals surface area contributed by atoms with E-state index in [4.69, 9.17) is 4.74 Å². The molecule has 0 radical (unpaired) electrons. The molecule has 1 saturated carbocycles. The summed E-state index contributed by atoms with van der Waals surface area (Å²) in [4.78, 5) is 0. The van der Waals surface area contributed by atoms with Gasteiger partial charge in [0.05, 0.1) is 12.7 Å². The lowest BCUT2D eigenvalue weighted by Gasteiger charge is -2.19. The first-order chi connectivity index (χ1) is 9.16. The van der Waals surface area contributed by atoms with E-state index in [2.05, 4.69) is 37.4 Å². The highest BCUT2D eigenvalue weighted by Crippen LogP contribution is 2.28. The molecule has 0 saturated heterocycles. The minimum absolute atomic E-state index is 0.249. The molecule has 0 heterocycles. The number of benzene rings is 1. The van der Waals surface area contributed by atoms with Gasteiger partial charge in [0, 0.05) is 19.2 Å². The molecule has 106 valence electrons. The van der Waals surface area contributed by atoms with Gasteiger partial charge in [0.15, 0.2) is 0 Å². The van der Waals surface area contributed by atoms with E-state index >= 15 is 0 Å². The van der Waals surface area contributed by atoms with Crippen molar-refractivity contribution in [3.05, 3.63) is 35.4 Å². The monoisotopic (exact) mass is 263 g/mol. The Kier molecular flexibility index (Phi) is 5.37. The quantitative estimate of drug-likeness (QED) is 0.757. The Bertz CT molecular complexity index is 390. The minimum Gasteiger partial charge on any atom is -0.389 e. The first-order valence-electron chi connectivity index (χ1n) is 7.21. The van der Waals surface area contributed by atoms with Crippen molar-refractivity contribution >= 4 is 0 Å². The van der Waals surface area contributed by atoms with Gasteiger partial charge in [0.1, 0.15) is 0 Å². The second-order valence-corrected chi connectivity index (χ2v) is 5.62. The molecule has 1 fully saturated rings. The highest BCUT2D eigenvalue weighted by molar-refractivity contribution is 5.28. The van der Waals surface area contributed by atoms with Gasteiger partial charge in [-0.05, 0) is 43.7 Å². The smallest absolute Gasteiger partial charge is 0.0897 e. The molecule has 0 aliphatic heterocycles. The first kappa shape index (κ1) is 14.5. The van der Waals surface area contributed by atoms with Crippen LogP contribution in [-0.2, 0) is 4.74 Å². The third-order valence-electron chi connectivity index (χ3n) is 3.68. The summed E-state index contributed by atoms with van der Waals surface area (Å²) in [6.45, 7) is 6.05. The number of ether oxygens (including phenoxy) is 1. The lowest BCUT2D eigenvalue weighted by atomic mass is 10.0. The van der Waals surface area contributed by atoms with Crippen molar-refractivity contribution in [2.24, 2.45) is 5.92 Å². The largest absolute Gasteiger partial charge is 0.389 e. The molecule has 19 heavy (non-hydrogen) atoms. The fourth-order valence-corrected chi connectivity index (χ4v) is 2.21. The number of hydrogen-bond donors (Lipinski definition) is 2. The molecule has 1 aliphatic rings. The van der Waals surface area contributed by atoms with Crippen LogP contribution in [0.4, 0.5) is 0 Å². The van der Waals surface area contributed by atoms with E-state index < -0.39 is 6.10 Å². The molecule has 3 heteroatoms. The van der Waals surface area contributed by atoms with E-state index in [1.807, 2.05) is 6.07 Å². The molecular formula is C16H25NO2. The number of aliphatic hydroxyl groups is 1. The third-order valence-corrected chi connectivity index (χ3v) is 3.68. The standard InChI is InChI=1S/C16H25NO2/c1-12-5-3-4-6-16(12)13(2)17-9-15(18)11-19-10-14-7-8-14/h3-6,13-15,17-18H,7-11H2,1-2H3/t13-,15?/m0/s1. The predicted octanol–water partition coefficient (Wildman–Crippen LogP) is 2.43. The molecule has 1 aromatic rings. The van der Waals surface area contributed by atoms with Crippen LogP contribution in [0.2, 0.25) is 0 Å². The average molecular weight is 263 g/mol. The fourth-order valence-electron chi connectivity index (χ4n) is 2.21. The maximum atomic E-state index is 9.86. The van der Waals surface area contributed by atoms with Crippen LogP contribution in [0.5, 0.6) is 0 Å². The summed E-state index contributed by atoms with van der Waals surface area (Å²) in [5.41, 5.74) is 2.57. The van der Waals surface area contributed by atoms with Crippen molar-refractivity contribution in [1.29, 1.82) is 0 Å². The first-order valence-corrected chi connectivity index (χ1v) is 7.21.